The first-order chi connectivity index (χ1) is 17.3. The van der Waals surface area contributed by atoms with Crippen LogP contribution in [0.1, 0.15) is 62.4 Å². The van der Waals surface area contributed by atoms with Gasteiger partial charge in [-0.1, -0.05) is 49.6 Å². The number of aromatic nitrogens is 6. The minimum absolute atomic E-state index is 0.145. The molecule has 2 heterocycles. The Morgan fingerprint density at radius 1 is 1.11 bits per heavy atom. The van der Waals surface area contributed by atoms with E-state index in [4.69, 9.17) is 16.6 Å². The van der Waals surface area contributed by atoms with Crippen LogP contribution in [0.4, 0.5) is 11.9 Å². The van der Waals surface area contributed by atoms with Gasteiger partial charge in [-0.2, -0.15) is 5.21 Å². The van der Waals surface area contributed by atoms with Crippen molar-refractivity contribution in [1.82, 2.24) is 30.6 Å². The molecule has 0 unspecified atom stereocenters. The minimum Gasteiger partial charge on any atom is -0.335 e. The van der Waals surface area contributed by atoms with Gasteiger partial charge in [0.25, 0.3) is 11.9 Å². The van der Waals surface area contributed by atoms with Gasteiger partial charge in [-0.25, -0.2) is 4.98 Å². The Balaban J connectivity index is 1.37. The van der Waals surface area contributed by atoms with Gasteiger partial charge < -0.3 is 9.88 Å². The fourth-order valence-corrected chi connectivity index (χ4v) is 5.25. The van der Waals surface area contributed by atoms with Crippen molar-refractivity contribution in [2.24, 2.45) is 11.3 Å². The first kappa shape index (κ1) is 24.2. The van der Waals surface area contributed by atoms with E-state index in [-0.39, 0.29) is 11.9 Å². The number of benzene rings is 2. The molecule has 36 heavy (non-hydrogen) atoms. The fraction of sp³-hybridized carbons (Fsp3) is 0.423. The third kappa shape index (κ3) is 5.36. The summed E-state index contributed by atoms with van der Waals surface area (Å²) >= 11 is 6.22. The lowest BCUT2D eigenvalue weighted by molar-refractivity contribution is 0.102. The number of amides is 1. The number of anilines is 2. The fourth-order valence-electron chi connectivity index (χ4n) is 5.08. The summed E-state index contributed by atoms with van der Waals surface area (Å²) in [5, 5.41) is 16.6. The number of aromatic amines is 2. The van der Waals surface area contributed by atoms with Gasteiger partial charge in [-0.05, 0) is 78.1 Å². The van der Waals surface area contributed by atoms with E-state index < -0.39 is 0 Å². The molecule has 5 rings (SSSR count). The predicted octanol–water partition coefficient (Wildman–Crippen LogP) is 5.59. The van der Waals surface area contributed by atoms with Gasteiger partial charge >= 0.3 is 0 Å². The number of imidazole rings is 1. The van der Waals surface area contributed by atoms with Crippen LogP contribution < -0.4 is 10.2 Å². The Bertz CT molecular complexity index is 1320. The molecule has 1 amide bonds. The molecule has 0 aliphatic heterocycles. The van der Waals surface area contributed by atoms with E-state index in [9.17, 15) is 4.79 Å². The smallest absolute Gasteiger partial charge is 0.270 e. The lowest BCUT2D eigenvalue weighted by atomic mass is 9.71. The van der Waals surface area contributed by atoms with E-state index in [1.807, 2.05) is 42.5 Å². The molecule has 0 radical (unpaired) electrons. The van der Waals surface area contributed by atoms with Crippen LogP contribution in [0.2, 0.25) is 5.02 Å². The zero-order valence-corrected chi connectivity index (χ0v) is 21.5. The standard InChI is InChI=1S/C26H31ClN8O/c1-26(2,3)18-8-11-20(12-9-18)35(25-28-21-13-10-19(27)14-22(21)29-25)15-16-4-6-17(7-5-16)23(36)30-24-31-33-34-32-24/h4-7,10,13-14,18,20H,8-9,11-12,15H2,1-3H3,(H,28,29)(H2,30,31,32,33,34,36). The predicted molar refractivity (Wildman–Crippen MR) is 141 cm³/mol. The summed E-state index contributed by atoms with van der Waals surface area (Å²) in [5.74, 6) is 1.44. The highest BCUT2D eigenvalue weighted by Crippen LogP contribution is 2.40. The van der Waals surface area contributed by atoms with Gasteiger partial charge in [0.1, 0.15) is 0 Å². The number of hydrogen-bond acceptors (Lipinski definition) is 6. The third-order valence-electron chi connectivity index (χ3n) is 7.21. The lowest BCUT2D eigenvalue weighted by Gasteiger charge is -2.41. The molecule has 1 fully saturated rings. The van der Waals surface area contributed by atoms with Crippen LogP contribution in [0, 0.1) is 11.3 Å². The van der Waals surface area contributed by atoms with Gasteiger partial charge in [0, 0.05) is 23.2 Å². The summed E-state index contributed by atoms with van der Waals surface area (Å²) in [6.45, 7) is 7.71. The topological polar surface area (TPSA) is 115 Å². The molecule has 1 aliphatic rings. The van der Waals surface area contributed by atoms with Crippen LogP contribution in [-0.4, -0.2) is 42.5 Å². The molecule has 2 aromatic carbocycles. The number of halogens is 1. The second kappa shape index (κ2) is 9.89. The van der Waals surface area contributed by atoms with Crippen molar-refractivity contribution in [2.45, 2.75) is 59.0 Å². The van der Waals surface area contributed by atoms with E-state index in [0.717, 1.165) is 41.3 Å². The maximum absolute atomic E-state index is 12.5. The number of nitrogens with zero attached hydrogens (tertiary/aromatic N) is 5. The second-order valence-electron chi connectivity index (χ2n) is 10.6. The maximum atomic E-state index is 12.5. The normalized spacial score (nSPS) is 18.3. The van der Waals surface area contributed by atoms with E-state index in [1.165, 1.54) is 12.8 Å². The van der Waals surface area contributed by atoms with Crippen LogP contribution in [0.5, 0.6) is 0 Å². The van der Waals surface area contributed by atoms with Crippen LogP contribution in [-0.2, 0) is 6.54 Å². The molecule has 0 spiro atoms. The first-order valence-electron chi connectivity index (χ1n) is 12.3. The van der Waals surface area contributed by atoms with Crippen molar-refractivity contribution in [3.63, 3.8) is 0 Å². The minimum atomic E-state index is -0.283. The molecular weight excluding hydrogens is 476 g/mol. The second-order valence-corrected chi connectivity index (χ2v) is 11.0. The highest BCUT2D eigenvalue weighted by molar-refractivity contribution is 6.31. The lowest BCUT2D eigenvalue weighted by Crippen LogP contribution is -2.40. The summed E-state index contributed by atoms with van der Waals surface area (Å²) in [6.07, 6.45) is 4.63. The molecule has 2 aromatic heterocycles. The highest BCUT2D eigenvalue weighted by Gasteiger charge is 2.33. The number of tetrazole rings is 1. The number of carbonyl (C=O) groups excluding carboxylic acids is 1. The molecule has 0 saturated heterocycles. The van der Waals surface area contributed by atoms with Crippen LogP contribution in [0.3, 0.4) is 0 Å². The summed E-state index contributed by atoms with van der Waals surface area (Å²) in [7, 11) is 0. The molecular formula is C26H31ClN8O. The van der Waals surface area contributed by atoms with E-state index in [1.54, 1.807) is 0 Å². The highest BCUT2D eigenvalue weighted by atomic mass is 35.5. The SMILES string of the molecule is CC(C)(C)C1CCC(N(Cc2ccc(C(=O)Nc3nn[nH]n3)cc2)c2nc3ccc(Cl)cc3[nH]2)CC1. The molecule has 1 aliphatic carbocycles. The molecule has 10 heteroatoms. The van der Waals surface area contributed by atoms with Crippen molar-refractivity contribution < 1.29 is 4.79 Å². The van der Waals surface area contributed by atoms with Gasteiger partial charge in [0.2, 0.25) is 5.95 Å². The summed E-state index contributed by atoms with van der Waals surface area (Å²) in [6, 6.07) is 13.7. The molecule has 188 valence electrons. The van der Waals surface area contributed by atoms with Crippen molar-refractivity contribution >= 4 is 40.4 Å². The average molecular weight is 507 g/mol. The van der Waals surface area contributed by atoms with Crippen LogP contribution >= 0.6 is 11.6 Å². The van der Waals surface area contributed by atoms with Crippen molar-refractivity contribution in [3.05, 3.63) is 58.6 Å². The zero-order valence-electron chi connectivity index (χ0n) is 20.8. The molecule has 9 nitrogen and oxygen atoms in total. The van der Waals surface area contributed by atoms with Crippen molar-refractivity contribution in [2.75, 3.05) is 10.2 Å². The van der Waals surface area contributed by atoms with Crippen LogP contribution in [0.25, 0.3) is 11.0 Å². The molecule has 0 atom stereocenters. The van der Waals surface area contributed by atoms with Crippen molar-refractivity contribution in [1.29, 1.82) is 0 Å². The molecule has 4 aromatic rings. The van der Waals surface area contributed by atoms with E-state index in [0.29, 0.717) is 28.6 Å². The first-order valence-corrected chi connectivity index (χ1v) is 12.7. The largest absolute Gasteiger partial charge is 0.335 e. The number of rotatable bonds is 6. The Hall–Kier alpha value is -3.46. The summed E-state index contributed by atoms with van der Waals surface area (Å²) < 4.78 is 0. The number of nitrogens with one attached hydrogen (secondary N) is 3. The number of carbonyl (C=O) groups is 1. The van der Waals surface area contributed by atoms with Crippen LogP contribution in [0.15, 0.2) is 42.5 Å². The van der Waals surface area contributed by atoms with Gasteiger partial charge in [0.15, 0.2) is 0 Å². The maximum Gasteiger partial charge on any atom is 0.270 e. The Morgan fingerprint density at radius 2 is 1.86 bits per heavy atom. The number of fused-ring (bicyclic) bond motifs is 1. The quantitative estimate of drug-likeness (QED) is 0.314. The molecule has 3 N–H and O–H groups in total. The Kier molecular flexibility index (Phi) is 6.66. The monoisotopic (exact) mass is 506 g/mol. The molecule has 1 saturated carbocycles. The zero-order chi connectivity index (χ0) is 25.3. The van der Waals surface area contributed by atoms with E-state index >= 15 is 0 Å². The van der Waals surface area contributed by atoms with Crippen molar-refractivity contribution in [3.8, 4) is 0 Å². The Morgan fingerprint density at radius 3 is 2.53 bits per heavy atom. The number of hydrogen-bond donors (Lipinski definition) is 3. The third-order valence-corrected chi connectivity index (χ3v) is 7.44. The number of H-pyrrole nitrogens is 2. The van der Waals surface area contributed by atoms with Gasteiger partial charge in [-0.3, -0.25) is 10.1 Å². The molecule has 0 bridgehead atoms. The van der Waals surface area contributed by atoms with Gasteiger partial charge in [0.05, 0.1) is 11.0 Å². The van der Waals surface area contributed by atoms with E-state index in [2.05, 4.69) is 56.6 Å². The average Bonchev–Trinajstić information content (AvgIpc) is 3.52. The van der Waals surface area contributed by atoms with Gasteiger partial charge in [-0.15, -0.1) is 5.10 Å². The summed E-state index contributed by atoms with van der Waals surface area (Å²) in [4.78, 5) is 23.3. The Labute approximate surface area is 215 Å². The summed E-state index contributed by atoms with van der Waals surface area (Å²) in [5.41, 5.74) is 3.78.